The van der Waals surface area contributed by atoms with Crippen LogP contribution in [0.2, 0.25) is 0 Å². The summed E-state index contributed by atoms with van der Waals surface area (Å²) in [4.78, 5) is 0. The van der Waals surface area contributed by atoms with Crippen molar-refractivity contribution < 1.29 is 2.85 Å². The first-order valence-electron chi connectivity index (χ1n) is 4.97. The molecule has 0 aromatic heterocycles. The second-order valence-electron chi connectivity index (χ2n) is 3.30. The van der Waals surface area contributed by atoms with E-state index in [1.807, 2.05) is 0 Å². The molecule has 0 atom stereocenters. The fourth-order valence-electron chi connectivity index (χ4n) is 1.40. The van der Waals surface area contributed by atoms with Crippen LogP contribution in [0, 0.1) is 0 Å². The summed E-state index contributed by atoms with van der Waals surface area (Å²) in [5.74, 6) is 0. The van der Waals surface area contributed by atoms with E-state index in [4.69, 9.17) is 0 Å². The second kappa shape index (κ2) is 8.58. The minimum absolute atomic E-state index is 0. The van der Waals surface area contributed by atoms with Crippen LogP contribution in [0.25, 0.3) is 0 Å². The number of hydrogen-bond acceptors (Lipinski definition) is 0. The Morgan fingerprint density at radius 2 is 1.69 bits per heavy atom. The maximum Gasteiger partial charge on any atom is 2.00 e. The molecule has 0 spiro atoms. The van der Waals surface area contributed by atoms with Crippen LogP contribution in [0.3, 0.4) is 0 Å². The van der Waals surface area contributed by atoms with E-state index in [1.165, 1.54) is 37.7 Å². The first-order valence-corrected chi connectivity index (χ1v) is 4.97. The maximum atomic E-state index is 2.25. The molecule has 0 unspecified atom stereocenters. The third kappa shape index (κ3) is 6.11. The van der Waals surface area contributed by atoms with E-state index in [2.05, 4.69) is 37.3 Å². The standard InChI is InChI=1S/C12H18.Mg.2H/c1-2-3-4-6-9-12-10-7-5-8-11-12;;;/h5,7-8,10-11H,2-4,6,9H2,1H3;;;/q;+2;2*-1. The molecule has 0 aliphatic rings. The summed E-state index contributed by atoms with van der Waals surface area (Å²) in [7, 11) is 0. The summed E-state index contributed by atoms with van der Waals surface area (Å²) < 4.78 is 0. The van der Waals surface area contributed by atoms with E-state index in [1.54, 1.807) is 0 Å². The van der Waals surface area contributed by atoms with E-state index >= 15 is 0 Å². The zero-order chi connectivity index (χ0) is 8.65. The van der Waals surface area contributed by atoms with Gasteiger partial charge in [0.05, 0.1) is 0 Å². The van der Waals surface area contributed by atoms with Crippen molar-refractivity contribution in [3.05, 3.63) is 35.9 Å². The van der Waals surface area contributed by atoms with Crippen molar-refractivity contribution in [3.63, 3.8) is 0 Å². The van der Waals surface area contributed by atoms with Gasteiger partial charge in [0, 0.05) is 0 Å². The minimum Gasteiger partial charge on any atom is -1.00 e. The van der Waals surface area contributed by atoms with E-state index < -0.39 is 0 Å². The molecule has 0 radical (unpaired) electrons. The Labute approximate surface area is 101 Å². The van der Waals surface area contributed by atoms with Crippen molar-refractivity contribution in [2.45, 2.75) is 39.0 Å². The Morgan fingerprint density at radius 1 is 1.00 bits per heavy atom. The number of hydrogen-bond donors (Lipinski definition) is 0. The molecule has 1 aromatic rings. The Kier molecular flexibility index (Phi) is 8.57. The molecule has 0 heterocycles. The Bertz CT molecular complexity index is 202. The fraction of sp³-hybridized carbons (Fsp3) is 0.500. The monoisotopic (exact) mass is 188 g/mol. The van der Waals surface area contributed by atoms with Crippen LogP contribution in [0.15, 0.2) is 30.3 Å². The SMILES string of the molecule is CCCCCCc1ccccc1.[H-].[H-].[Mg+2]. The molecule has 0 fully saturated rings. The van der Waals surface area contributed by atoms with Gasteiger partial charge in [-0.2, -0.15) is 0 Å². The molecule has 70 valence electrons. The molecule has 1 aromatic carbocycles. The van der Waals surface area contributed by atoms with Gasteiger partial charge in [0.1, 0.15) is 0 Å². The molecule has 0 saturated heterocycles. The van der Waals surface area contributed by atoms with Gasteiger partial charge in [-0.3, -0.25) is 0 Å². The number of unbranched alkanes of at least 4 members (excludes halogenated alkanes) is 3. The predicted octanol–water partition coefficient (Wildman–Crippen LogP) is 3.65. The van der Waals surface area contributed by atoms with Gasteiger partial charge < -0.3 is 2.85 Å². The van der Waals surface area contributed by atoms with E-state index in [-0.39, 0.29) is 25.9 Å². The van der Waals surface area contributed by atoms with Crippen molar-refractivity contribution in [2.75, 3.05) is 0 Å². The van der Waals surface area contributed by atoms with E-state index in [0.29, 0.717) is 0 Å². The average Bonchev–Trinajstić information content (AvgIpc) is 2.14. The molecule has 1 heteroatoms. The van der Waals surface area contributed by atoms with Gasteiger partial charge in [-0.25, -0.2) is 0 Å². The van der Waals surface area contributed by atoms with Crippen molar-refractivity contribution in [1.82, 2.24) is 0 Å². The van der Waals surface area contributed by atoms with Crippen LogP contribution in [0.4, 0.5) is 0 Å². The van der Waals surface area contributed by atoms with Gasteiger partial charge in [0.25, 0.3) is 0 Å². The van der Waals surface area contributed by atoms with Gasteiger partial charge in [0.15, 0.2) is 0 Å². The number of aryl methyl sites for hydroxylation is 1. The van der Waals surface area contributed by atoms with Gasteiger partial charge in [-0.05, 0) is 18.4 Å². The van der Waals surface area contributed by atoms with Crippen LogP contribution in [0.1, 0.15) is 41.0 Å². The predicted molar refractivity (Wildman–Crippen MR) is 62.3 cm³/mol. The molecular formula is C12H20Mg. The van der Waals surface area contributed by atoms with Gasteiger partial charge in [-0.15, -0.1) is 0 Å². The van der Waals surface area contributed by atoms with Crippen LogP contribution in [-0.4, -0.2) is 23.1 Å². The van der Waals surface area contributed by atoms with Crippen LogP contribution in [0.5, 0.6) is 0 Å². The van der Waals surface area contributed by atoms with Crippen LogP contribution >= 0.6 is 0 Å². The second-order valence-corrected chi connectivity index (χ2v) is 3.30. The summed E-state index contributed by atoms with van der Waals surface area (Å²) in [5, 5.41) is 0. The van der Waals surface area contributed by atoms with Gasteiger partial charge in [-0.1, -0.05) is 56.5 Å². The zero-order valence-corrected chi connectivity index (χ0v) is 10.0. The largest absolute Gasteiger partial charge is 2.00 e. The van der Waals surface area contributed by atoms with E-state index in [0.717, 1.165) is 0 Å². The molecule has 13 heavy (non-hydrogen) atoms. The van der Waals surface area contributed by atoms with Crippen LogP contribution < -0.4 is 0 Å². The molecule has 0 saturated carbocycles. The quantitative estimate of drug-likeness (QED) is 0.489. The molecule has 1 rings (SSSR count). The first kappa shape index (κ1) is 13.0. The summed E-state index contributed by atoms with van der Waals surface area (Å²) in [6, 6.07) is 10.7. The summed E-state index contributed by atoms with van der Waals surface area (Å²) in [6.45, 7) is 2.25. The summed E-state index contributed by atoms with van der Waals surface area (Å²) in [5.41, 5.74) is 1.48. The summed E-state index contributed by atoms with van der Waals surface area (Å²) >= 11 is 0. The Balaban J connectivity index is -0.000000480. The van der Waals surface area contributed by atoms with E-state index in [9.17, 15) is 0 Å². The zero-order valence-electron chi connectivity index (χ0n) is 10.6. The molecular weight excluding hydrogens is 168 g/mol. The first-order chi connectivity index (χ1) is 5.93. The van der Waals surface area contributed by atoms with Crippen LogP contribution in [-0.2, 0) is 6.42 Å². The summed E-state index contributed by atoms with van der Waals surface area (Å²) in [6.07, 6.45) is 6.69. The average molecular weight is 189 g/mol. The van der Waals surface area contributed by atoms with Crippen molar-refractivity contribution in [1.29, 1.82) is 0 Å². The molecule has 0 nitrogen and oxygen atoms in total. The maximum absolute atomic E-state index is 2.25. The molecule has 0 bridgehead atoms. The normalized spacial score (nSPS) is 9.31. The number of benzene rings is 1. The van der Waals surface area contributed by atoms with Crippen molar-refractivity contribution >= 4 is 23.1 Å². The molecule has 0 aliphatic carbocycles. The Hall–Kier alpha value is -0.0138. The topological polar surface area (TPSA) is 0 Å². The number of rotatable bonds is 5. The van der Waals surface area contributed by atoms with Crippen molar-refractivity contribution in [3.8, 4) is 0 Å². The Morgan fingerprint density at radius 3 is 2.31 bits per heavy atom. The fourth-order valence-corrected chi connectivity index (χ4v) is 1.40. The molecule has 0 N–H and O–H groups in total. The smallest absolute Gasteiger partial charge is 1.00 e. The molecule has 0 amide bonds. The minimum atomic E-state index is 0. The third-order valence-electron chi connectivity index (χ3n) is 2.16. The van der Waals surface area contributed by atoms with Gasteiger partial charge in [0.2, 0.25) is 0 Å². The van der Waals surface area contributed by atoms with Crippen molar-refractivity contribution in [2.24, 2.45) is 0 Å². The van der Waals surface area contributed by atoms with Gasteiger partial charge >= 0.3 is 23.1 Å². The molecule has 0 aliphatic heterocycles. The third-order valence-corrected chi connectivity index (χ3v) is 2.16.